The first-order valence-electron chi connectivity index (χ1n) is 23.2. The Hall–Kier alpha value is -8.60. The summed E-state index contributed by atoms with van der Waals surface area (Å²) in [4.78, 5) is 4.91. The number of fused-ring (bicyclic) bond motifs is 8. The molecule has 0 radical (unpaired) electrons. The Bertz CT molecular complexity index is 4280. The largest absolute Gasteiger partial charge is 0.454 e. The average Bonchev–Trinajstić information content (AvgIpc) is 3.96. The van der Waals surface area contributed by atoms with Gasteiger partial charge in [-0.05, 0) is 92.3 Å². The van der Waals surface area contributed by atoms with Crippen LogP contribution in [0.2, 0.25) is 0 Å². The number of rotatable bonds is 7. The van der Waals surface area contributed by atoms with E-state index in [0.29, 0.717) is 0 Å². The molecule has 0 saturated carbocycles. The van der Waals surface area contributed by atoms with Crippen LogP contribution in [0.1, 0.15) is 25.3 Å². The van der Waals surface area contributed by atoms with Gasteiger partial charge in [0, 0.05) is 43.1 Å². The van der Waals surface area contributed by atoms with Gasteiger partial charge >= 0.3 is 0 Å². The Kier molecular flexibility index (Phi) is 8.14. The molecule has 0 unspecified atom stereocenters. The molecule has 0 aliphatic carbocycles. The Morgan fingerprint density at radius 3 is 1.31 bits per heavy atom. The van der Waals surface area contributed by atoms with Crippen LogP contribution in [-0.4, -0.2) is 0 Å². The van der Waals surface area contributed by atoms with E-state index < -0.39 is 0 Å². The summed E-state index contributed by atoms with van der Waals surface area (Å²) in [5.41, 5.74) is 11.1. The second kappa shape index (κ2) is 14.5. The first-order chi connectivity index (χ1) is 33.1. The highest BCUT2D eigenvalue weighted by molar-refractivity contribution is 6.30. The van der Waals surface area contributed by atoms with E-state index in [1.54, 1.807) is 0 Å². The van der Waals surface area contributed by atoms with E-state index in [-0.39, 0.29) is 5.92 Å². The summed E-state index contributed by atoms with van der Waals surface area (Å²) in [7, 11) is 0. The minimum Gasteiger partial charge on any atom is -0.454 e. The molecule has 0 atom stereocenters. The molecule has 14 rings (SSSR count). The quantitative estimate of drug-likeness (QED) is 0.150. The van der Waals surface area contributed by atoms with Crippen molar-refractivity contribution >= 4 is 132 Å². The van der Waals surface area contributed by atoms with Crippen molar-refractivity contribution in [2.24, 2.45) is 0 Å². The second-order valence-corrected chi connectivity index (χ2v) is 18.1. The van der Waals surface area contributed by atoms with Crippen molar-refractivity contribution in [2.45, 2.75) is 19.8 Å². The minimum absolute atomic E-state index is 0.233. The first kappa shape index (κ1) is 37.7. The number of hydrogen-bond acceptors (Lipinski definition) is 4. The third-order valence-electron chi connectivity index (χ3n) is 14.1. The molecule has 0 aliphatic rings. The molecule has 4 nitrogen and oxygen atoms in total. The van der Waals surface area contributed by atoms with E-state index in [1.807, 2.05) is 6.07 Å². The SMILES string of the molecule is CC(C)c1cc(N(c2cccc3ccccc23)c2cccc3c2oc2ccccc23)c2ccc3ccc(N(c4cccc5ccccc45)c4cccc5c4oc4ccccc45)c4ccc1c2c34. The lowest BCUT2D eigenvalue weighted by molar-refractivity contribution is 0.669. The predicted molar refractivity (Wildman–Crippen MR) is 283 cm³/mol. The Labute approximate surface area is 386 Å². The van der Waals surface area contributed by atoms with Crippen molar-refractivity contribution in [3.63, 3.8) is 0 Å². The maximum atomic E-state index is 6.87. The monoisotopic (exact) mass is 858 g/mol. The molecule has 14 aromatic rings. The van der Waals surface area contributed by atoms with Gasteiger partial charge in [0.05, 0.1) is 34.1 Å². The Balaban J connectivity index is 1.10. The van der Waals surface area contributed by atoms with Crippen molar-refractivity contribution in [3.8, 4) is 0 Å². The van der Waals surface area contributed by atoms with Crippen LogP contribution in [0.15, 0.2) is 221 Å². The highest BCUT2D eigenvalue weighted by Gasteiger charge is 2.28. The molecule has 0 bridgehead atoms. The molecule has 4 heteroatoms. The normalized spacial score (nSPS) is 12.2. The summed E-state index contributed by atoms with van der Waals surface area (Å²) in [5, 5.41) is 16.4. The summed E-state index contributed by atoms with van der Waals surface area (Å²) in [6, 6.07) is 77.0. The van der Waals surface area contributed by atoms with Crippen LogP contribution >= 0.6 is 0 Å². The number of anilines is 6. The van der Waals surface area contributed by atoms with E-state index in [2.05, 4.69) is 230 Å². The van der Waals surface area contributed by atoms with Gasteiger partial charge in [-0.25, -0.2) is 0 Å². The summed E-state index contributed by atoms with van der Waals surface area (Å²) < 4.78 is 13.7. The minimum atomic E-state index is 0.233. The fourth-order valence-electron chi connectivity index (χ4n) is 11.1. The van der Waals surface area contributed by atoms with Crippen LogP contribution < -0.4 is 9.80 Å². The molecule has 0 saturated heterocycles. The maximum absolute atomic E-state index is 6.87. The van der Waals surface area contributed by atoms with E-state index in [0.717, 1.165) is 78.0 Å². The molecule has 67 heavy (non-hydrogen) atoms. The van der Waals surface area contributed by atoms with Gasteiger partial charge in [0.1, 0.15) is 11.2 Å². The average molecular weight is 859 g/mol. The van der Waals surface area contributed by atoms with E-state index in [4.69, 9.17) is 8.83 Å². The molecule has 0 aliphatic heterocycles. The molecule has 316 valence electrons. The number of hydrogen-bond donors (Lipinski definition) is 0. The summed E-state index contributed by atoms with van der Waals surface area (Å²) >= 11 is 0. The first-order valence-corrected chi connectivity index (χ1v) is 23.2. The van der Waals surface area contributed by atoms with Crippen molar-refractivity contribution in [1.82, 2.24) is 0 Å². The van der Waals surface area contributed by atoms with Gasteiger partial charge in [0.25, 0.3) is 0 Å². The van der Waals surface area contributed by atoms with Crippen LogP contribution in [-0.2, 0) is 0 Å². The van der Waals surface area contributed by atoms with Crippen molar-refractivity contribution in [1.29, 1.82) is 0 Å². The fourth-order valence-corrected chi connectivity index (χ4v) is 11.1. The molecule has 2 aromatic heterocycles. The van der Waals surface area contributed by atoms with Crippen molar-refractivity contribution < 1.29 is 8.83 Å². The van der Waals surface area contributed by atoms with Crippen LogP contribution in [0, 0.1) is 0 Å². The molecular weight excluding hydrogens is 817 g/mol. The zero-order valence-electron chi connectivity index (χ0n) is 37.0. The molecule has 12 aromatic carbocycles. The third kappa shape index (κ3) is 5.54. The number of nitrogens with zero attached hydrogens (tertiary/aromatic N) is 2. The number of benzene rings is 12. The summed E-state index contributed by atoms with van der Waals surface area (Å²) in [6.07, 6.45) is 0. The zero-order valence-corrected chi connectivity index (χ0v) is 37.0. The van der Waals surface area contributed by atoms with Crippen molar-refractivity contribution in [2.75, 3.05) is 9.80 Å². The fraction of sp³-hybridized carbons (Fsp3) is 0.0476. The van der Waals surface area contributed by atoms with Gasteiger partial charge in [-0.1, -0.05) is 178 Å². The topological polar surface area (TPSA) is 32.8 Å². The van der Waals surface area contributed by atoms with Crippen LogP contribution in [0.3, 0.4) is 0 Å². The molecular formula is C63H42N2O2. The van der Waals surface area contributed by atoms with Gasteiger partial charge in [0.15, 0.2) is 11.2 Å². The predicted octanol–water partition coefficient (Wildman–Crippen LogP) is 18.8. The Morgan fingerprint density at radius 1 is 0.299 bits per heavy atom. The lowest BCUT2D eigenvalue weighted by Gasteiger charge is -2.31. The van der Waals surface area contributed by atoms with Gasteiger partial charge in [-0.2, -0.15) is 0 Å². The van der Waals surface area contributed by atoms with Gasteiger partial charge in [-0.15, -0.1) is 0 Å². The van der Waals surface area contributed by atoms with Crippen LogP contribution in [0.25, 0.3) is 97.7 Å². The van der Waals surface area contributed by atoms with Gasteiger partial charge in [0.2, 0.25) is 0 Å². The standard InChI is InChI=1S/C63H42N2O2/c1-38(2)51-37-57(65(53-26-12-18-40-16-4-6-20-43(40)53)56-28-14-24-48-45-22-8-10-30-59(45)67-63(48)56)50-33-31-41-32-36-54(49-35-34-46(51)61(50)60(41)49)64(52-25-11-17-39-15-3-5-19-42(39)52)55-27-13-23-47-44-21-7-9-29-58(44)66-62(47)55/h3-38H,1-2H3. The van der Waals surface area contributed by atoms with Crippen LogP contribution in [0.4, 0.5) is 34.1 Å². The van der Waals surface area contributed by atoms with Crippen LogP contribution in [0.5, 0.6) is 0 Å². The van der Waals surface area contributed by atoms with Gasteiger partial charge in [-0.3, -0.25) is 0 Å². The van der Waals surface area contributed by atoms with E-state index >= 15 is 0 Å². The molecule has 0 amide bonds. The smallest absolute Gasteiger partial charge is 0.159 e. The lowest BCUT2D eigenvalue weighted by atomic mass is 9.86. The van der Waals surface area contributed by atoms with E-state index in [1.165, 1.54) is 59.4 Å². The summed E-state index contributed by atoms with van der Waals surface area (Å²) in [5.74, 6) is 0.233. The van der Waals surface area contributed by atoms with E-state index in [9.17, 15) is 0 Å². The highest BCUT2D eigenvalue weighted by atomic mass is 16.3. The molecule has 0 fully saturated rings. The molecule has 0 spiro atoms. The second-order valence-electron chi connectivity index (χ2n) is 18.1. The maximum Gasteiger partial charge on any atom is 0.159 e. The number of furan rings is 2. The van der Waals surface area contributed by atoms with Gasteiger partial charge < -0.3 is 18.6 Å². The Morgan fingerprint density at radius 2 is 0.716 bits per heavy atom. The zero-order chi connectivity index (χ0) is 44.3. The third-order valence-corrected chi connectivity index (χ3v) is 14.1. The summed E-state index contributed by atoms with van der Waals surface area (Å²) in [6.45, 7) is 4.64. The molecule has 2 heterocycles. The van der Waals surface area contributed by atoms with Crippen molar-refractivity contribution in [3.05, 3.63) is 218 Å². The number of para-hydroxylation sites is 4. The lowest BCUT2D eigenvalue weighted by Crippen LogP contribution is -2.13. The molecule has 0 N–H and O–H groups in total. The highest BCUT2D eigenvalue weighted by Crippen LogP contribution is 2.53.